The average Bonchev–Trinajstić information content (AvgIpc) is 3.69. The van der Waals surface area contributed by atoms with Crippen LogP contribution in [-0.2, 0) is 13.7 Å². The van der Waals surface area contributed by atoms with Crippen molar-refractivity contribution in [3.8, 4) is 17.3 Å². The summed E-state index contributed by atoms with van der Waals surface area (Å²) in [4.78, 5) is 21.5. The Kier molecular flexibility index (Phi) is 6.62. The van der Waals surface area contributed by atoms with Gasteiger partial charge in [-0.05, 0) is 24.3 Å². The zero-order valence-electron chi connectivity index (χ0n) is 21.2. The van der Waals surface area contributed by atoms with Crippen LogP contribution in [0.25, 0.3) is 17.4 Å². The van der Waals surface area contributed by atoms with Crippen LogP contribution < -0.4 is 20.7 Å². The maximum absolute atomic E-state index is 14.9. The van der Waals surface area contributed by atoms with E-state index in [1.54, 1.807) is 48.6 Å². The van der Waals surface area contributed by atoms with Gasteiger partial charge in [-0.15, -0.1) is 5.10 Å². The summed E-state index contributed by atoms with van der Waals surface area (Å²) >= 11 is 0. The second kappa shape index (κ2) is 10.5. The number of fused-ring (bicyclic) bond motifs is 1. The molecule has 1 saturated heterocycles. The summed E-state index contributed by atoms with van der Waals surface area (Å²) in [6, 6.07) is 8.46. The normalized spacial score (nSPS) is 14.3. The van der Waals surface area contributed by atoms with Crippen LogP contribution in [0.5, 0.6) is 5.75 Å². The molecule has 202 valence electrons. The summed E-state index contributed by atoms with van der Waals surface area (Å²) in [6.07, 6.45) is 3.15. The van der Waals surface area contributed by atoms with Gasteiger partial charge in [0.15, 0.2) is 11.6 Å². The Labute approximate surface area is 222 Å². The third-order valence-electron chi connectivity index (χ3n) is 6.33. The van der Waals surface area contributed by atoms with Gasteiger partial charge in [-0.1, -0.05) is 0 Å². The van der Waals surface area contributed by atoms with E-state index < -0.39 is 0 Å². The molecule has 1 fully saturated rings. The molecule has 0 aliphatic carbocycles. The van der Waals surface area contributed by atoms with E-state index in [0.717, 1.165) is 19.6 Å². The maximum atomic E-state index is 14.9. The minimum absolute atomic E-state index is 0.174. The molecule has 1 aliphatic rings. The van der Waals surface area contributed by atoms with Crippen LogP contribution >= 0.6 is 0 Å². The second-order valence-electron chi connectivity index (χ2n) is 9.02. The lowest BCUT2D eigenvalue weighted by atomic mass is 10.2. The van der Waals surface area contributed by atoms with E-state index in [4.69, 9.17) is 14.9 Å². The maximum Gasteiger partial charge on any atom is 0.259 e. The third kappa shape index (κ3) is 5.43. The van der Waals surface area contributed by atoms with Crippen LogP contribution in [0.1, 0.15) is 5.82 Å². The highest BCUT2D eigenvalue weighted by atomic mass is 19.1. The Hall–Kier alpha value is -4.79. The summed E-state index contributed by atoms with van der Waals surface area (Å²) in [5.41, 5.74) is 6.62. The molecule has 5 heterocycles. The lowest BCUT2D eigenvalue weighted by Gasteiger charge is -2.36. The molecule has 1 aliphatic heterocycles. The van der Waals surface area contributed by atoms with E-state index in [1.165, 1.54) is 10.6 Å². The number of piperazine rings is 1. The van der Waals surface area contributed by atoms with E-state index >= 15 is 0 Å². The van der Waals surface area contributed by atoms with E-state index in [9.17, 15) is 4.39 Å². The van der Waals surface area contributed by atoms with E-state index in [0.29, 0.717) is 60.2 Å². The third-order valence-corrected chi connectivity index (χ3v) is 6.33. The molecule has 6 rings (SSSR count). The number of halogens is 1. The van der Waals surface area contributed by atoms with Crippen LogP contribution in [0.2, 0.25) is 0 Å². The summed E-state index contributed by atoms with van der Waals surface area (Å²) in [5, 5.41) is 11.7. The van der Waals surface area contributed by atoms with Gasteiger partial charge in [0, 0.05) is 52.4 Å². The molecule has 14 nitrogen and oxygen atoms in total. The van der Waals surface area contributed by atoms with Crippen molar-refractivity contribution < 1.29 is 13.5 Å². The second-order valence-corrected chi connectivity index (χ2v) is 9.02. The predicted octanol–water partition coefficient (Wildman–Crippen LogP) is 1.44. The lowest BCUT2D eigenvalue weighted by molar-refractivity contribution is 0.266. The van der Waals surface area contributed by atoms with Crippen LogP contribution in [0.15, 0.2) is 47.3 Å². The summed E-state index contributed by atoms with van der Waals surface area (Å²) in [7, 11) is 1.78. The number of anilines is 3. The number of furan rings is 1. The Morgan fingerprint density at radius 1 is 1.10 bits per heavy atom. The van der Waals surface area contributed by atoms with Crippen molar-refractivity contribution in [2.75, 3.05) is 55.2 Å². The zero-order valence-corrected chi connectivity index (χ0v) is 21.2. The van der Waals surface area contributed by atoms with E-state index in [1.807, 2.05) is 4.90 Å². The molecule has 0 atom stereocenters. The van der Waals surface area contributed by atoms with Crippen LogP contribution in [0.3, 0.4) is 0 Å². The number of nitrogens with zero attached hydrogens (tertiary/aromatic N) is 10. The predicted molar refractivity (Wildman–Crippen MR) is 140 cm³/mol. The minimum atomic E-state index is -0.314. The van der Waals surface area contributed by atoms with Gasteiger partial charge < -0.3 is 25.1 Å². The first kappa shape index (κ1) is 24.5. The van der Waals surface area contributed by atoms with Crippen molar-refractivity contribution >= 4 is 23.4 Å². The molecule has 0 spiro atoms. The number of nitrogen functional groups attached to an aromatic ring is 1. The monoisotopic (exact) mass is 534 g/mol. The number of aromatic nitrogens is 8. The van der Waals surface area contributed by atoms with Gasteiger partial charge >= 0.3 is 0 Å². The molecule has 15 heteroatoms. The number of nitrogens with two attached hydrogens (primary N) is 1. The Morgan fingerprint density at radius 2 is 1.97 bits per heavy atom. The Morgan fingerprint density at radius 3 is 2.72 bits per heavy atom. The molecule has 0 bridgehead atoms. The smallest absolute Gasteiger partial charge is 0.259 e. The highest BCUT2D eigenvalue weighted by Gasteiger charge is 2.20. The van der Waals surface area contributed by atoms with Gasteiger partial charge in [0.1, 0.15) is 24.5 Å². The molecule has 0 saturated carbocycles. The first-order valence-electron chi connectivity index (χ1n) is 12.4. The van der Waals surface area contributed by atoms with Gasteiger partial charge in [-0.25, -0.2) is 9.37 Å². The average molecular weight is 535 g/mol. The fraction of sp³-hybridized carbons (Fsp3) is 0.333. The first-order chi connectivity index (χ1) is 19.0. The van der Waals surface area contributed by atoms with E-state index in [-0.39, 0.29) is 18.4 Å². The molecule has 39 heavy (non-hydrogen) atoms. The number of benzene rings is 1. The molecule has 0 unspecified atom stereocenters. The summed E-state index contributed by atoms with van der Waals surface area (Å²) in [5.74, 6) is 2.46. The summed E-state index contributed by atoms with van der Waals surface area (Å²) < 4.78 is 28.8. The SMILES string of the molecule is Cn1cnc(COc2ccc(N3CCN(CCNc4nc(N)n5nc(-c6ccco6)nc5n4)CC3)c(F)c2)n1. The number of aryl methyl sites for hydroxylation is 1. The fourth-order valence-corrected chi connectivity index (χ4v) is 4.36. The molecule has 1 aromatic carbocycles. The van der Waals surface area contributed by atoms with E-state index in [2.05, 4.69) is 40.3 Å². The van der Waals surface area contributed by atoms with Gasteiger partial charge in [0.25, 0.3) is 5.78 Å². The highest BCUT2D eigenvalue weighted by Crippen LogP contribution is 2.25. The number of nitrogens with one attached hydrogen (secondary N) is 1. The van der Waals surface area contributed by atoms with Gasteiger partial charge in [-0.3, -0.25) is 9.58 Å². The molecule has 0 radical (unpaired) electrons. The van der Waals surface area contributed by atoms with Crippen LogP contribution in [-0.4, -0.2) is 83.5 Å². The highest BCUT2D eigenvalue weighted by molar-refractivity contribution is 5.53. The minimum Gasteiger partial charge on any atom is -0.485 e. The number of rotatable bonds is 9. The van der Waals surface area contributed by atoms with Crippen molar-refractivity contribution in [3.63, 3.8) is 0 Å². The van der Waals surface area contributed by atoms with Gasteiger partial charge in [-0.2, -0.15) is 24.6 Å². The van der Waals surface area contributed by atoms with Crippen molar-refractivity contribution in [1.82, 2.24) is 44.2 Å². The van der Waals surface area contributed by atoms with Crippen LogP contribution in [0, 0.1) is 5.82 Å². The Bertz CT molecular complexity index is 1560. The molecule has 3 N–H and O–H groups in total. The molecular formula is C24H27FN12O2. The standard InChI is InChI=1S/C24H27FN12O2/c1-34-15-28-20(32-34)14-39-16-4-5-18(17(25)13-16)36-10-8-35(9-11-36)7-6-27-23-30-22(26)37-24(31-23)29-21(33-37)19-3-2-12-38-19/h2-5,12-13,15H,6-11,14H2,1H3,(H3,26,27,29,30,31,33). The largest absolute Gasteiger partial charge is 0.485 e. The topological polar surface area (TPSA) is 154 Å². The summed E-state index contributed by atoms with van der Waals surface area (Å²) in [6.45, 7) is 4.57. The fourth-order valence-electron chi connectivity index (χ4n) is 4.36. The molecule has 0 amide bonds. The Balaban J connectivity index is 0.988. The van der Waals surface area contributed by atoms with Crippen LogP contribution in [0.4, 0.5) is 22.0 Å². The molecule has 4 aromatic heterocycles. The zero-order chi connectivity index (χ0) is 26.8. The molecule has 5 aromatic rings. The number of hydrogen-bond donors (Lipinski definition) is 2. The van der Waals surface area contributed by atoms with Crippen molar-refractivity contribution in [3.05, 3.63) is 54.6 Å². The number of ether oxygens (including phenoxy) is 1. The van der Waals surface area contributed by atoms with Crippen molar-refractivity contribution in [2.45, 2.75) is 6.61 Å². The van der Waals surface area contributed by atoms with Crippen molar-refractivity contribution in [1.29, 1.82) is 0 Å². The quantitative estimate of drug-likeness (QED) is 0.281. The van der Waals surface area contributed by atoms with Crippen molar-refractivity contribution in [2.24, 2.45) is 7.05 Å². The molecular weight excluding hydrogens is 507 g/mol. The van der Waals surface area contributed by atoms with Gasteiger partial charge in [0.2, 0.25) is 17.7 Å². The van der Waals surface area contributed by atoms with Gasteiger partial charge in [0.05, 0.1) is 12.0 Å². The first-order valence-corrected chi connectivity index (χ1v) is 12.4. The lowest BCUT2D eigenvalue weighted by Crippen LogP contribution is -2.48. The number of hydrogen-bond acceptors (Lipinski definition) is 12.